The van der Waals surface area contributed by atoms with Crippen LogP contribution in [0.1, 0.15) is 56.1 Å². The number of methoxy groups -OCH3 is 1. The topological polar surface area (TPSA) is 70.2 Å². The lowest BCUT2D eigenvalue weighted by Crippen LogP contribution is -2.54. The highest BCUT2D eigenvalue weighted by Gasteiger charge is 2.42. The van der Waals surface area contributed by atoms with Gasteiger partial charge in [0.2, 0.25) is 0 Å². The summed E-state index contributed by atoms with van der Waals surface area (Å²) in [4.78, 5) is 41.2. The number of alkyl halides is 3. The molecule has 0 radical (unpaired) electrons. The summed E-state index contributed by atoms with van der Waals surface area (Å²) < 4.78 is 43.4. The number of hydrogen-bond acceptors (Lipinski definition) is 4. The van der Waals surface area contributed by atoms with E-state index in [1.807, 2.05) is 23.1 Å². The zero-order chi connectivity index (χ0) is 25.9. The van der Waals surface area contributed by atoms with Crippen molar-refractivity contribution in [2.45, 2.75) is 70.0 Å². The Balaban J connectivity index is 1.38. The second-order valence-electron chi connectivity index (χ2n) is 10.0. The highest BCUT2D eigenvalue weighted by atomic mass is 19.4. The molecule has 0 spiro atoms. The van der Waals surface area contributed by atoms with Crippen molar-refractivity contribution in [1.29, 1.82) is 0 Å². The Bertz CT molecular complexity index is 976. The summed E-state index contributed by atoms with van der Waals surface area (Å²) in [5, 5.41) is 0. The maximum Gasteiger partial charge on any atom is 0.471 e. The van der Waals surface area contributed by atoms with Crippen molar-refractivity contribution in [3.8, 4) is 0 Å². The zero-order valence-electron chi connectivity index (χ0n) is 20.7. The Morgan fingerprint density at radius 2 is 1.69 bits per heavy atom. The van der Waals surface area contributed by atoms with Gasteiger partial charge < -0.3 is 14.5 Å². The third-order valence-corrected chi connectivity index (χ3v) is 7.83. The van der Waals surface area contributed by atoms with Gasteiger partial charge in [-0.2, -0.15) is 13.2 Å². The second-order valence-corrected chi connectivity index (χ2v) is 10.0. The third kappa shape index (κ3) is 5.95. The van der Waals surface area contributed by atoms with Crippen LogP contribution in [0.25, 0.3) is 0 Å². The predicted octanol–water partition coefficient (Wildman–Crippen LogP) is 4.32. The highest BCUT2D eigenvalue weighted by Crippen LogP contribution is 2.33. The van der Waals surface area contributed by atoms with Gasteiger partial charge in [-0.3, -0.25) is 14.5 Å². The fourth-order valence-electron chi connectivity index (χ4n) is 5.75. The molecule has 36 heavy (non-hydrogen) atoms. The molecule has 0 unspecified atom stereocenters. The fourth-order valence-corrected chi connectivity index (χ4v) is 5.75. The van der Waals surface area contributed by atoms with Crippen LogP contribution in [0.15, 0.2) is 18.2 Å². The van der Waals surface area contributed by atoms with E-state index >= 15 is 0 Å². The maximum atomic E-state index is 13.5. The molecule has 3 aliphatic rings. The number of benzene rings is 1. The first-order chi connectivity index (χ1) is 17.2. The highest BCUT2D eigenvalue weighted by molar-refractivity contribution is 5.93. The van der Waals surface area contributed by atoms with Gasteiger partial charge in [0.15, 0.2) is 0 Å². The number of anilines is 1. The Kier molecular flexibility index (Phi) is 8.10. The van der Waals surface area contributed by atoms with Crippen molar-refractivity contribution in [3.63, 3.8) is 0 Å². The molecule has 2 heterocycles. The minimum atomic E-state index is -4.87. The molecule has 7 nitrogen and oxygen atoms in total. The van der Waals surface area contributed by atoms with Crippen LogP contribution in [0.2, 0.25) is 0 Å². The van der Waals surface area contributed by atoms with Crippen LogP contribution in [0, 0.1) is 5.92 Å². The molecule has 10 heteroatoms. The molecule has 0 aromatic heterocycles. The number of fused-ring (bicyclic) bond motifs is 1. The number of urea groups is 1. The molecule has 0 bridgehead atoms. The Labute approximate surface area is 209 Å². The number of halogens is 3. The average Bonchev–Trinajstić information content (AvgIpc) is 3.09. The van der Waals surface area contributed by atoms with Gasteiger partial charge in [-0.25, -0.2) is 4.79 Å². The van der Waals surface area contributed by atoms with Crippen molar-refractivity contribution >= 4 is 23.6 Å². The van der Waals surface area contributed by atoms with Gasteiger partial charge in [0.25, 0.3) is 0 Å². The number of amides is 3. The van der Waals surface area contributed by atoms with Crippen molar-refractivity contribution in [2.24, 2.45) is 5.92 Å². The van der Waals surface area contributed by atoms with E-state index in [1.54, 1.807) is 4.90 Å². The minimum absolute atomic E-state index is 0.00802. The van der Waals surface area contributed by atoms with Gasteiger partial charge in [0.05, 0.1) is 7.11 Å². The lowest BCUT2D eigenvalue weighted by molar-refractivity contribution is -0.185. The number of hydrogen-bond donors (Lipinski definition) is 0. The molecule has 1 aliphatic carbocycles. The van der Waals surface area contributed by atoms with E-state index in [1.165, 1.54) is 7.11 Å². The summed E-state index contributed by atoms with van der Waals surface area (Å²) in [6.07, 6.45) is 1.71. The fraction of sp³-hybridized carbons (Fsp3) is 0.654. The van der Waals surface area contributed by atoms with Crippen LogP contribution in [0.3, 0.4) is 0 Å². The van der Waals surface area contributed by atoms with Gasteiger partial charge in [0, 0.05) is 44.3 Å². The molecule has 2 fully saturated rings. The summed E-state index contributed by atoms with van der Waals surface area (Å²) in [6, 6.07) is 5.80. The standard InChI is InChI=1S/C26H34F3N3O4/c1-36-23(33)10-5-18-3-7-21(8-4-18)31-13-2-14-32(25(31)35)22-9-6-19-11-15-30(16-12-20(19)17-22)24(34)26(27,28)29/h6,9,17-18,21H,2-5,7-8,10-16H2,1H3. The van der Waals surface area contributed by atoms with Crippen LogP contribution >= 0.6 is 0 Å². The Morgan fingerprint density at radius 1 is 1.00 bits per heavy atom. The van der Waals surface area contributed by atoms with Crippen LogP contribution in [-0.4, -0.2) is 73.2 Å². The quantitative estimate of drug-likeness (QED) is 0.555. The first-order valence-corrected chi connectivity index (χ1v) is 12.8. The average molecular weight is 510 g/mol. The van der Waals surface area contributed by atoms with Gasteiger partial charge in [-0.1, -0.05) is 6.07 Å². The minimum Gasteiger partial charge on any atom is -0.469 e. The number of carbonyl (C=O) groups excluding carboxylic acids is 3. The van der Waals surface area contributed by atoms with E-state index in [0.717, 1.165) is 60.2 Å². The molecule has 0 atom stereocenters. The molecule has 1 aromatic rings. The van der Waals surface area contributed by atoms with Crippen molar-refractivity contribution in [1.82, 2.24) is 9.80 Å². The maximum absolute atomic E-state index is 13.5. The van der Waals surface area contributed by atoms with E-state index in [-0.39, 0.29) is 31.1 Å². The lowest BCUT2D eigenvalue weighted by atomic mass is 9.82. The number of rotatable bonds is 5. The largest absolute Gasteiger partial charge is 0.471 e. The van der Waals surface area contributed by atoms with Gasteiger partial charge >= 0.3 is 24.1 Å². The Hall–Kier alpha value is -2.78. The predicted molar refractivity (Wildman–Crippen MR) is 128 cm³/mol. The van der Waals surface area contributed by atoms with Crippen LogP contribution < -0.4 is 4.90 Å². The smallest absolute Gasteiger partial charge is 0.469 e. The molecule has 2 aliphatic heterocycles. The molecular weight excluding hydrogens is 475 g/mol. The van der Waals surface area contributed by atoms with E-state index in [2.05, 4.69) is 0 Å². The van der Waals surface area contributed by atoms with Gasteiger partial charge in [-0.15, -0.1) is 0 Å². The monoisotopic (exact) mass is 509 g/mol. The van der Waals surface area contributed by atoms with Crippen LogP contribution in [-0.2, 0) is 27.2 Å². The number of ether oxygens (including phenoxy) is 1. The summed E-state index contributed by atoms with van der Waals surface area (Å²) >= 11 is 0. The lowest BCUT2D eigenvalue weighted by Gasteiger charge is -2.42. The molecule has 4 rings (SSSR count). The summed E-state index contributed by atoms with van der Waals surface area (Å²) in [5.41, 5.74) is 2.56. The Morgan fingerprint density at radius 3 is 2.36 bits per heavy atom. The third-order valence-electron chi connectivity index (χ3n) is 7.83. The molecule has 1 saturated carbocycles. The zero-order valence-corrected chi connectivity index (χ0v) is 20.7. The van der Waals surface area contributed by atoms with Crippen molar-refractivity contribution in [2.75, 3.05) is 38.2 Å². The van der Waals surface area contributed by atoms with Gasteiger partial charge in [-0.05, 0) is 80.5 Å². The van der Waals surface area contributed by atoms with E-state index in [4.69, 9.17) is 4.74 Å². The molecule has 198 valence electrons. The van der Waals surface area contributed by atoms with Crippen molar-refractivity contribution in [3.05, 3.63) is 29.3 Å². The first-order valence-electron chi connectivity index (χ1n) is 12.8. The number of esters is 1. The number of carbonyl (C=O) groups is 3. The van der Waals surface area contributed by atoms with Crippen LogP contribution in [0.5, 0.6) is 0 Å². The molecule has 1 saturated heterocycles. The SMILES string of the molecule is COC(=O)CCC1CCC(N2CCCN(c3ccc4c(c3)CCN(C(=O)C(F)(F)F)CC4)C2=O)CC1. The van der Waals surface area contributed by atoms with Crippen LogP contribution in [0.4, 0.5) is 23.7 Å². The molecule has 3 amide bonds. The van der Waals surface area contributed by atoms with E-state index in [0.29, 0.717) is 38.3 Å². The normalized spacial score (nSPS) is 23.2. The summed E-state index contributed by atoms with van der Waals surface area (Å²) in [5.74, 6) is -1.50. The molecule has 1 aromatic carbocycles. The molecule has 0 N–H and O–H groups in total. The summed E-state index contributed by atoms with van der Waals surface area (Å²) in [7, 11) is 1.40. The van der Waals surface area contributed by atoms with Crippen molar-refractivity contribution < 1.29 is 32.3 Å². The van der Waals surface area contributed by atoms with E-state index < -0.39 is 12.1 Å². The summed E-state index contributed by atoms with van der Waals surface area (Å²) in [6.45, 7) is 1.35. The van der Waals surface area contributed by atoms with E-state index in [9.17, 15) is 27.6 Å². The number of nitrogens with zero attached hydrogens (tertiary/aromatic N) is 3. The second kappa shape index (κ2) is 11.1. The van der Waals surface area contributed by atoms with Gasteiger partial charge in [0.1, 0.15) is 0 Å². The molecular formula is C26H34F3N3O4. The first kappa shape index (κ1) is 26.3.